The van der Waals surface area contributed by atoms with Gasteiger partial charge in [0.15, 0.2) is 0 Å². The van der Waals surface area contributed by atoms with Gasteiger partial charge in [0.2, 0.25) is 0 Å². The fourth-order valence-electron chi connectivity index (χ4n) is 1.84. The number of aliphatic hydroxyl groups is 1. The van der Waals surface area contributed by atoms with E-state index < -0.39 is 0 Å². The van der Waals surface area contributed by atoms with Crippen LogP contribution in [0.2, 0.25) is 0 Å². The van der Waals surface area contributed by atoms with Crippen LogP contribution in [-0.2, 0) is 0 Å². The van der Waals surface area contributed by atoms with Crippen molar-refractivity contribution < 1.29 is 5.11 Å². The molecule has 0 fully saturated rings. The topological polar surface area (TPSA) is 20.2 Å². The highest BCUT2D eigenvalue weighted by Crippen LogP contribution is 2.25. The Morgan fingerprint density at radius 2 is 1.67 bits per heavy atom. The van der Waals surface area contributed by atoms with Crippen LogP contribution >= 0.6 is 11.8 Å². The molecular weight excluding hydrogens is 240 g/mol. The van der Waals surface area contributed by atoms with Crippen molar-refractivity contribution in [1.29, 1.82) is 0 Å². The lowest BCUT2D eigenvalue weighted by atomic mass is 10.1. The summed E-state index contributed by atoms with van der Waals surface area (Å²) >= 11 is 1.81. The molecule has 0 amide bonds. The van der Waals surface area contributed by atoms with Crippen molar-refractivity contribution in [3.63, 3.8) is 0 Å². The average Bonchev–Trinajstić information content (AvgIpc) is 2.42. The minimum Gasteiger partial charge on any atom is -0.388 e. The van der Waals surface area contributed by atoms with Crippen molar-refractivity contribution in [2.24, 2.45) is 0 Å². The number of thioether (sulfide) groups is 1. The number of hydrogen-bond acceptors (Lipinski definition) is 2. The fourth-order valence-corrected chi connectivity index (χ4v) is 2.87. The standard InChI is InChI=1S/C16H18OS/c1-13-7-5-6-10-16(13)18-12-11-15(17)14-8-3-2-4-9-14/h2-10,15,17H,11-12H2,1H3/t15-/m1/s1. The summed E-state index contributed by atoms with van der Waals surface area (Å²) in [6, 6.07) is 18.2. The second-order valence-corrected chi connectivity index (χ2v) is 5.47. The molecule has 0 saturated carbocycles. The van der Waals surface area contributed by atoms with Gasteiger partial charge < -0.3 is 5.11 Å². The van der Waals surface area contributed by atoms with Crippen LogP contribution in [0, 0.1) is 6.92 Å². The first kappa shape index (κ1) is 13.2. The van der Waals surface area contributed by atoms with Gasteiger partial charge in [-0.2, -0.15) is 0 Å². The van der Waals surface area contributed by atoms with E-state index in [1.807, 2.05) is 42.1 Å². The summed E-state index contributed by atoms with van der Waals surface area (Å²) in [5.74, 6) is 0.931. The minimum atomic E-state index is -0.359. The molecule has 2 rings (SSSR count). The van der Waals surface area contributed by atoms with Crippen LogP contribution < -0.4 is 0 Å². The van der Waals surface area contributed by atoms with Gasteiger partial charge in [-0.15, -0.1) is 11.8 Å². The predicted molar refractivity (Wildman–Crippen MR) is 77.9 cm³/mol. The summed E-state index contributed by atoms with van der Waals surface area (Å²) < 4.78 is 0. The SMILES string of the molecule is Cc1ccccc1SCC[C@@H](O)c1ccccc1. The Hall–Kier alpha value is -1.25. The highest BCUT2D eigenvalue weighted by molar-refractivity contribution is 7.99. The van der Waals surface area contributed by atoms with E-state index in [1.54, 1.807) is 0 Å². The van der Waals surface area contributed by atoms with Gasteiger partial charge in [0.1, 0.15) is 0 Å². The predicted octanol–water partition coefficient (Wildman–Crippen LogP) is 4.21. The minimum absolute atomic E-state index is 0.359. The second kappa shape index (κ2) is 6.62. The molecule has 2 heteroatoms. The Bertz CT molecular complexity index is 481. The third kappa shape index (κ3) is 3.62. The zero-order chi connectivity index (χ0) is 12.8. The molecule has 0 radical (unpaired) electrons. The van der Waals surface area contributed by atoms with Gasteiger partial charge in [-0.05, 0) is 30.5 Å². The third-order valence-corrected chi connectivity index (χ3v) is 4.14. The van der Waals surface area contributed by atoms with Crippen LogP contribution in [0.5, 0.6) is 0 Å². The first-order valence-corrected chi connectivity index (χ1v) is 7.17. The van der Waals surface area contributed by atoms with Crippen LogP contribution in [-0.4, -0.2) is 10.9 Å². The molecule has 0 saturated heterocycles. The molecule has 0 aliphatic carbocycles. The zero-order valence-corrected chi connectivity index (χ0v) is 11.4. The van der Waals surface area contributed by atoms with Gasteiger partial charge in [-0.3, -0.25) is 0 Å². The molecule has 0 heterocycles. The lowest BCUT2D eigenvalue weighted by molar-refractivity contribution is 0.175. The number of aryl methyl sites for hydroxylation is 1. The van der Waals surface area contributed by atoms with Crippen molar-refractivity contribution >= 4 is 11.8 Å². The van der Waals surface area contributed by atoms with Crippen LogP contribution in [0.3, 0.4) is 0 Å². The van der Waals surface area contributed by atoms with E-state index in [0.717, 1.165) is 17.7 Å². The van der Waals surface area contributed by atoms with E-state index in [1.165, 1.54) is 10.5 Å². The van der Waals surface area contributed by atoms with Crippen molar-refractivity contribution in [3.05, 3.63) is 65.7 Å². The van der Waals surface area contributed by atoms with Gasteiger partial charge in [0.25, 0.3) is 0 Å². The maximum absolute atomic E-state index is 10.1. The Kier molecular flexibility index (Phi) is 4.85. The van der Waals surface area contributed by atoms with E-state index in [2.05, 4.69) is 31.2 Å². The van der Waals surface area contributed by atoms with E-state index in [-0.39, 0.29) is 6.10 Å². The van der Waals surface area contributed by atoms with Gasteiger partial charge in [-0.25, -0.2) is 0 Å². The molecule has 2 aromatic carbocycles. The second-order valence-electron chi connectivity index (χ2n) is 4.33. The van der Waals surface area contributed by atoms with Gasteiger partial charge in [-0.1, -0.05) is 48.5 Å². The lowest BCUT2D eigenvalue weighted by Gasteiger charge is -2.11. The van der Waals surface area contributed by atoms with Crippen molar-refractivity contribution in [1.82, 2.24) is 0 Å². The summed E-state index contributed by atoms with van der Waals surface area (Å²) in [7, 11) is 0. The molecule has 0 aromatic heterocycles. The molecule has 1 atom stereocenters. The Morgan fingerprint density at radius 1 is 1.00 bits per heavy atom. The molecule has 0 bridgehead atoms. The highest BCUT2D eigenvalue weighted by atomic mass is 32.2. The van der Waals surface area contributed by atoms with E-state index >= 15 is 0 Å². The fraction of sp³-hybridized carbons (Fsp3) is 0.250. The zero-order valence-electron chi connectivity index (χ0n) is 10.5. The number of hydrogen-bond donors (Lipinski definition) is 1. The summed E-state index contributed by atoms with van der Waals surface area (Å²) in [6.45, 7) is 2.12. The molecule has 0 spiro atoms. The molecule has 2 aromatic rings. The van der Waals surface area contributed by atoms with E-state index in [4.69, 9.17) is 0 Å². The summed E-state index contributed by atoms with van der Waals surface area (Å²) in [5, 5.41) is 10.1. The van der Waals surface area contributed by atoms with Crippen molar-refractivity contribution in [2.75, 3.05) is 5.75 Å². The monoisotopic (exact) mass is 258 g/mol. The first-order chi connectivity index (χ1) is 8.77. The molecule has 94 valence electrons. The van der Waals surface area contributed by atoms with Crippen molar-refractivity contribution in [3.8, 4) is 0 Å². The van der Waals surface area contributed by atoms with E-state index in [0.29, 0.717) is 0 Å². The normalized spacial score (nSPS) is 12.3. The quantitative estimate of drug-likeness (QED) is 0.811. The molecule has 0 aliphatic rings. The lowest BCUT2D eigenvalue weighted by Crippen LogP contribution is -1.98. The maximum Gasteiger partial charge on any atom is 0.0798 e. The van der Waals surface area contributed by atoms with Crippen LogP contribution in [0.1, 0.15) is 23.7 Å². The van der Waals surface area contributed by atoms with Crippen LogP contribution in [0.4, 0.5) is 0 Å². The molecular formula is C16H18OS. The molecule has 1 N–H and O–H groups in total. The largest absolute Gasteiger partial charge is 0.388 e. The molecule has 1 nitrogen and oxygen atoms in total. The van der Waals surface area contributed by atoms with Gasteiger partial charge >= 0.3 is 0 Å². The Labute approximate surface area is 113 Å². The van der Waals surface area contributed by atoms with E-state index in [9.17, 15) is 5.11 Å². The van der Waals surface area contributed by atoms with Gasteiger partial charge in [0, 0.05) is 10.6 Å². The third-order valence-electron chi connectivity index (χ3n) is 2.93. The first-order valence-electron chi connectivity index (χ1n) is 6.19. The summed E-state index contributed by atoms with van der Waals surface area (Å²) in [4.78, 5) is 1.30. The smallest absolute Gasteiger partial charge is 0.0798 e. The van der Waals surface area contributed by atoms with Crippen LogP contribution in [0.15, 0.2) is 59.5 Å². The molecule has 18 heavy (non-hydrogen) atoms. The number of aliphatic hydroxyl groups excluding tert-OH is 1. The summed E-state index contributed by atoms with van der Waals surface area (Å²) in [5.41, 5.74) is 2.31. The summed E-state index contributed by atoms with van der Waals surface area (Å²) in [6.07, 6.45) is 0.422. The Morgan fingerprint density at radius 3 is 2.39 bits per heavy atom. The maximum atomic E-state index is 10.1. The van der Waals surface area contributed by atoms with Crippen LogP contribution in [0.25, 0.3) is 0 Å². The number of rotatable bonds is 5. The van der Waals surface area contributed by atoms with Crippen molar-refractivity contribution in [2.45, 2.75) is 24.3 Å². The Balaban J connectivity index is 1.84. The average molecular weight is 258 g/mol. The molecule has 0 unspecified atom stereocenters. The molecule has 0 aliphatic heterocycles. The van der Waals surface area contributed by atoms with Gasteiger partial charge in [0.05, 0.1) is 6.10 Å². The number of benzene rings is 2. The highest BCUT2D eigenvalue weighted by Gasteiger charge is 2.07.